The van der Waals surface area contributed by atoms with Gasteiger partial charge in [-0.15, -0.1) is 0 Å². The van der Waals surface area contributed by atoms with Crippen LogP contribution in [0.1, 0.15) is 40.0 Å². The number of ether oxygens (including phenoxy) is 1. The summed E-state index contributed by atoms with van der Waals surface area (Å²) in [5.74, 6) is 0.973. The predicted octanol–water partition coefficient (Wildman–Crippen LogP) is 2.47. The monoisotopic (exact) mass is 267 g/mol. The lowest BCUT2D eigenvalue weighted by Gasteiger charge is -2.30. The average molecular weight is 267 g/mol. The topological polar surface area (TPSA) is 12.5 Å². The minimum absolute atomic E-state index is 0. The van der Waals surface area contributed by atoms with Crippen molar-refractivity contribution in [3.05, 3.63) is 30.3 Å². The van der Waals surface area contributed by atoms with Crippen molar-refractivity contribution < 1.29 is 4.74 Å². The van der Waals surface area contributed by atoms with Gasteiger partial charge in [0, 0.05) is 0 Å². The van der Waals surface area contributed by atoms with Gasteiger partial charge >= 0.3 is 0 Å². The van der Waals surface area contributed by atoms with Gasteiger partial charge < -0.3 is 4.74 Å². The molecule has 0 radical (unpaired) electrons. The molecule has 1 atom stereocenters. The van der Waals surface area contributed by atoms with Crippen LogP contribution in [0.3, 0.4) is 0 Å². The summed E-state index contributed by atoms with van der Waals surface area (Å²) in [6.07, 6.45) is 3.75. The van der Waals surface area contributed by atoms with Crippen LogP contribution in [0.4, 0.5) is 0 Å². The fraction of sp³-hybridized carbons (Fsp3) is 0.600. The van der Waals surface area contributed by atoms with Gasteiger partial charge in [-0.25, -0.2) is 0 Å². The number of unbranched alkanes of at least 4 members (excludes halogenated alkanes) is 1. The smallest absolute Gasteiger partial charge is 0.152 e. The summed E-state index contributed by atoms with van der Waals surface area (Å²) in [6.45, 7) is 8.69. The van der Waals surface area contributed by atoms with Crippen molar-refractivity contribution in [2.24, 2.45) is 0 Å². The number of hydrogen-bond donors (Lipinski definition) is 0. The fourth-order valence-electron chi connectivity index (χ4n) is 1.98. The fourth-order valence-corrected chi connectivity index (χ4v) is 1.98. The third-order valence-electron chi connectivity index (χ3n) is 3.04. The number of nitrogens with zero attached hydrogens (tertiary/aromatic N) is 1. The van der Waals surface area contributed by atoms with Crippen molar-refractivity contribution >= 4 is 11.0 Å². The van der Waals surface area contributed by atoms with Crippen LogP contribution in [-0.4, -0.2) is 35.2 Å². The maximum Gasteiger partial charge on any atom is 0.152 e. The Morgan fingerprint density at radius 2 is 1.67 bits per heavy atom. The second-order valence-electron chi connectivity index (χ2n) is 4.25. The highest BCUT2D eigenvalue weighted by molar-refractivity contribution is 5.75. The molecule has 1 unspecified atom stereocenters. The Balaban J connectivity index is 0.00000289. The Labute approximate surface area is 116 Å². The maximum atomic E-state index is 6.09. The summed E-state index contributed by atoms with van der Waals surface area (Å²) >= 11 is 0. The van der Waals surface area contributed by atoms with Crippen LogP contribution in [0.25, 0.3) is 0 Å². The SMILES string of the molecule is CCCCC(Oc1ccccc1)N(CC)CC.[SiH4]. The molecule has 0 amide bonds. The molecule has 0 aliphatic carbocycles. The molecule has 0 saturated carbocycles. The number of para-hydroxylation sites is 1. The maximum absolute atomic E-state index is 6.09. The highest BCUT2D eigenvalue weighted by atomic mass is 28.1. The molecule has 0 aliphatic rings. The number of rotatable bonds is 8. The Hall–Kier alpha value is -0.803. The van der Waals surface area contributed by atoms with E-state index in [2.05, 4.69) is 25.7 Å². The predicted molar refractivity (Wildman–Crippen MR) is 84.6 cm³/mol. The Bertz CT molecular complexity index is 288. The first-order valence-electron chi connectivity index (χ1n) is 6.77. The van der Waals surface area contributed by atoms with Crippen LogP contribution in [0.2, 0.25) is 0 Å². The van der Waals surface area contributed by atoms with E-state index in [1.807, 2.05) is 30.3 Å². The first-order valence-corrected chi connectivity index (χ1v) is 6.77. The van der Waals surface area contributed by atoms with Crippen molar-refractivity contribution in [3.63, 3.8) is 0 Å². The second kappa shape index (κ2) is 10.2. The van der Waals surface area contributed by atoms with E-state index in [1.54, 1.807) is 0 Å². The molecule has 18 heavy (non-hydrogen) atoms. The zero-order chi connectivity index (χ0) is 12.5. The van der Waals surface area contributed by atoms with Gasteiger partial charge in [0.15, 0.2) is 6.23 Å². The Morgan fingerprint density at radius 3 is 2.17 bits per heavy atom. The molecule has 0 saturated heterocycles. The summed E-state index contributed by atoms with van der Waals surface area (Å²) in [7, 11) is 0. The molecule has 0 spiro atoms. The minimum Gasteiger partial charge on any atom is -0.475 e. The van der Waals surface area contributed by atoms with Gasteiger partial charge in [-0.2, -0.15) is 0 Å². The number of benzene rings is 1. The molecule has 0 N–H and O–H groups in total. The summed E-state index contributed by atoms with van der Waals surface area (Å²) in [6, 6.07) is 10.1. The number of hydrogen-bond acceptors (Lipinski definition) is 2. The third-order valence-corrected chi connectivity index (χ3v) is 3.04. The summed E-state index contributed by atoms with van der Waals surface area (Å²) in [5, 5.41) is 0. The lowest BCUT2D eigenvalue weighted by molar-refractivity contribution is 0.0244. The third kappa shape index (κ3) is 5.69. The zero-order valence-corrected chi connectivity index (χ0v) is 11.4. The molecule has 1 rings (SSSR count). The van der Waals surface area contributed by atoms with E-state index in [9.17, 15) is 0 Å². The Morgan fingerprint density at radius 1 is 1.06 bits per heavy atom. The van der Waals surface area contributed by atoms with Crippen molar-refractivity contribution in [3.8, 4) is 5.75 Å². The molecule has 104 valence electrons. The van der Waals surface area contributed by atoms with Crippen molar-refractivity contribution in [1.82, 2.24) is 4.90 Å². The minimum atomic E-state index is 0. The van der Waals surface area contributed by atoms with E-state index >= 15 is 0 Å². The highest BCUT2D eigenvalue weighted by Gasteiger charge is 2.16. The van der Waals surface area contributed by atoms with Crippen molar-refractivity contribution in [1.29, 1.82) is 0 Å². The summed E-state index contributed by atoms with van der Waals surface area (Å²) < 4.78 is 6.09. The first-order chi connectivity index (χ1) is 8.31. The normalized spacial score (nSPS) is 12.0. The molecular formula is C15H29NOSi. The van der Waals surface area contributed by atoms with Gasteiger partial charge in [0.25, 0.3) is 0 Å². The molecule has 0 fully saturated rings. The molecule has 2 nitrogen and oxygen atoms in total. The van der Waals surface area contributed by atoms with E-state index in [0.717, 1.165) is 25.3 Å². The molecule has 0 aromatic heterocycles. The molecule has 0 bridgehead atoms. The highest BCUT2D eigenvalue weighted by Crippen LogP contribution is 2.16. The van der Waals surface area contributed by atoms with E-state index < -0.39 is 0 Å². The van der Waals surface area contributed by atoms with Crippen LogP contribution < -0.4 is 4.74 Å². The van der Waals surface area contributed by atoms with Crippen LogP contribution in [0, 0.1) is 0 Å². The van der Waals surface area contributed by atoms with Gasteiger partial charge in [-0.05, 0) is 49.0 Å². The van der Waals surface area contributed by atoms with Crippen LogP contribution >= 0.6 is 0 Å². The standard InChI is InChI=1S/C15H25NO.H4Si/c1-4-7-13-15(16(5-2)6-3)17-14-11-9-8-10-12-14;/h8-12,15H,4-7,13H2,1-3H3;1H4. The second-order valence-corrected chi connectivity index (χ2v) is 4.25. The quantitative estimate of drug-likeness (QED) is 0.530. The van der Waals surface area contributed by atoms with Crippen LogP contribution in [-0.2, 0) is 0 Å². The molecule has 1 aromatic carbocycles. The molecule has 3 heteroatoms. The van der Waals surface area contributed by atoms with E-state index in [1.165, 1.54) is 12.8 Å². The van der Waals surface area contributed by atoms with Crippen molar-refractivity contribution in [2.75, 3.05) is 13.1 Å². The largest absolute Gasteiger partial charge is 0.475 e. The lowest BCUT2D eigenvalue weighted by Crippen LogP contribution is -2.39. The van der Waals surface area contributed by atoms with E-state index in [0.29, 0.717) is 0 Å². The first kappa shape index (κ1) is 17.2. The molecular weight excluding hydrogens is 238 g/mol. The lowest BCUT2D eigenvalue weighted by atomic mass is 10.2. The van der Waals surface area contributed by atoms with Gasteiger partial charge in [-0.3, -0.25) is 4.90 Å². The van der Waals surface area contributed by atoms with E-state index in [4.69, 9.17) is 4.74 Å². The van der Waals surface area contributed by atoms with Gasteiger partial charge in [0.1, 0.15) is 5.75 Å². The summed E-state index contributed by atoms with van der Waals surface area (Å²) in [5.41, 5.74) is 0. The van der Waals surface area contributed by atoms with E-state index in [-0.39, 0.29) is 17.2 Å². The summed E-state index contributed by atoms with van der Waals surface area (Å²) in [4.78, 5) is 2.38. The van der Waals surface area contributed by atoms with Gasteiger partial charge in [-0.1, -0.05) is 45.4 Å². The zero-order valence-electron chi connectivity index (χ0n) is 11.4. The van der Waals surface area contributed by atoms with Crippen LogP contribution in [0.5, 0.6) is 5.75 Å². The average Bonchev–Trinajstić information content (AvgIpc) is 2.38. The van der Waals surface area contributed by atoms with Crippen LogP contribution in [0.15, 0.2) is 30.3 Å². The Kier molecular flexibility index (Phi) is 9.70. The molecule has 0 heterocycles. The van der Waals surface area contributed by atoms with Crippen molar-refractivity contribution in [2.45, 2.75) is 46.3 Å². The van der Waals surface area contributed by atoms with Gasteiger partial charge in [0.2, 0.25) is 0 Å². The van der Waals surface area contributed by atoms with Gasteiger partial charge in [0.05, 0.1) is 0 Å². The molecule has 0 aliphatic heterocycles. The molecule has 1 aromatic rings.